The van der Waals surface area contributed by atoms with E-state index in [1.807, 2.05) is 38.5 Å². The topological polar surface area (TPSA) is 64.4 Å². The molecule has 0 saturated heterocycles. The third-order valence-electron chi connectivity index (χ3n) is 5.76. The van der Waals surface area contributed by atoms with Crippen LogP contribution in [0.5, 0.6) is 5.75 Å². The molecule has 0 fully saturated rings. The molecule has 0 unspecified atom stereocenters. The van der Waals surface area contributed by atoms with Crippen LogP contribution in [0.1, 0.15) is 34.5 Å². The number of aliphatic carboxylic acids is 1. The van der Waals surface area contributed by atoms with Crippen LogP contribution in [0.3, 0.4) is 0 Å². The molecular weight excluding hydrogens is 359 g/mol. The highest BCUT2D eigenvalue weighted by molar-refractivity contribution is 5.98. The van der Waals surface area contributed by atoms with Gasteiger partial charge in [-0.3, -0.25) is 4.79 Å². The molecule has 0 bridgehead atoms. The number of pyridine rings is 1. The zero-order valence-electron chi connectivity index (χ0n) is 16.5. The first kappa shape index (κ1) is 18.5. The van der Waals surface area contributed by atoms with Gasteiger partial charge in [-0.05, 0) is 68.0 Å². The van der Waals surface area contributed by atoms with Crippen molar-refractivity contribution in [2.45, 2.75) is 40.0 Å². The van der Waals surface area contributed by atoms with E-state index in [4.69, 9.17) is 4.74 Å². The van der Waals surface area contributed by atoms with Crippen molar-refractivity contribution in [3.8, 4) is 16.9 Å². The summed E-state index contributed by atoms with van der Waals surface area (Å²) in [7, 11) is 1.93. The van der Waals surface area contributed by atoms with Gasteiger partial charge in [-0.25, -0.2) is 9.37 Å². The number of ether oxygens (including phenoxy) is 1. The molecule has 0 amide bonds. The summed E-state index contributed by atoms with van der Waals surface area (Å²) in [5, 5.41) is 10.3. The average molecular weight is 382 g/mol. The van der Waals surface area contributed by atoms with Gasteiger partial charge in [-0.2, -0.15) is 0 Å². The summed E-state index contributed by atoms with van der Waals surface area (Å²) in [5.41, 5.74) is 6.36. The van der Waals surface area contributed by atoms with Crippen LogP contribution in [0.25, 0.3) is 22.2 Å². The Bertz CT molecular complexity index is 1130. The van der Waals surface area contributed by atoms with Crippen molar-refractivity contribution in [1.82, 2.24) is 9.55 Å². The number of carboxylic acid groups (broad SMARTS) is 1. The third kappa shape index (κ3) is 2.75. The molecule has 4 rings (SSSR count). The lowest BCUT2D eigenvalue weighted by Gasteiger charge is -2.23. The first-order valence-corrected chi connectivity index (χ1v) is 9.42. The quantitative estimate of drug-likeness (QED) is 0.735. The van der Waals surface area contributed by atoms with Gasteiger partial charge in [0.2, 0.25) is 0 Å². The lowest BCUT2D eigenvalue weighted by molar-refractivity contribution is -0.136. The molecule has 0 spiro atoms. The first-order valence-electron chi connectivity index (χ1n) is 9.42. The maximum atomic E-state index is 14.9. The minimum Gasteiger partial charge on any atom is -0.490 e. The smallest absolute Gasteiger partial charge is 0.307 e. The SMILES string of the molecule is Cc1nc2c(cc(C)n2C)c(-c2cc(F)c3c(c2C)CCCO3)c1CC(=O)O. The Morgan fingerprint density at radius 3 is 2.79 bits per heavy atom. The number of rotatable bonds is 3. The minimum atomic E-state index is -0.933. The fraction of sp³-hybridized carbons (Fsp3) is 0.364. The number of aryl methyl sites for hydroxylation is 3. The number of aromatic nitrogens is 2. The lowest BCUT2D eigenvalue weighted by atomic mass is 9.87. The summed E-state index contributed by atoms with van der Waals surface area (Å²) in [6, 6.07) is 3.48. The van der Waals surface area contributed by atoms with E-state index in [0.717, 1.165) is 51.8 Å². The molecule has 0 saturated carbocycles. The van der Waals surface area contributed by atoms with Crippen LogP contribution < -0.4 is 4.74 Å². The summed E-state index contributed by atoms with van der Waals surface area (Å²) < 4.78 is 22.5. The standard InChI is InChI=1S/C22H23FN2O3/c1-11-8-17-20(16(10-19(26)27)13(3)24-22(17)25(11)4)15-9-18(23)21-14(12(15)2)6-5-7-28-21/h8-9H,5-7,10H2,1-4H3,(H,26,27). The first-order chi connectivity index (χ1) is 13.3. The number of hydrogen-bond acceptors (Lipinski definition) is 3. The molecule has 0 radical (unpaired) electrons. The Morgan fingerprint density at radius 1 is 1.32 bits per heavy atom. The van der Waals surface area contributed by atoms with Gasteiger partial charge in [0.05, 0.1) is 13.0 Å². The van der Waals surface area contributed by atoms with E-state index in [-0.39, 0.29) is 6.42 Å². The van der Waals surface area contributed by atoms with Gasteiger partial charge in [0.15, 0.2) is 11.6 Å². The molecule has 5 nitrogen and oxygen atoms in total. The van der Waals surface area contributed by atoms with Crippen LogP contribution in [0, 0.1) is 26.6 Å². The highest BCUT2D eigenvalue weighted by Crippen LogP contribution is 2.42. The van der Waals surface area contributed by atoms with Crippen molar-refractivity contribution in [1.29, 1.82) is 0 Å². The largest absolute Gasteiger partial charge is 0.490 e. The maximum Gasteiger partial charge on any atom is 0.307 e. The fourth-order valence-electron chi connectivity index (χ4n) is 4.20. The number of fused-ring (bicyclic) bond motifs is 2. The maximum absolute atomic E-state index is 14.9. The summed E-state index contributed by atoms with van der Waals surface area (Å²) in [5.74, 6) is -0.997. The highest BCUT2D eigenvalue weighted by Gasteiger charge is 2.25. The van der Waals surface area contributed by atoms with Gasteiger partial charge in [0.1, 0.15) is 5.65 Å². The van der Waals surface area contributed by atoms with Gasteiger partial charge in [0, 0.05) is 29.4 Å². The van der Waals surface area contributed by atoms with E-state index in [1.165, 1.54) is 6.07 Å². The molecule has 0 atom stereocenters. The van der Waals surface area contributed by atoms with E-state index >= 15 is 0 Å². The monoisotopic (exact) mass is 382 g/mol. The van der Waals surface area contributed by atoms with Crippen LogP contribution in [0.4, 0.5) is 4.39 Å². The molecule has 2 aromatic heterocycles. The molecule has 3 heterocycles. The van der Waals surface area contributed by atoms with Crippen LogP contribution in [0.15, 0.2) is 12.1 Å². The Morgan fingerprint density at radius 2 is 2.07 bits per heavy atom. The number of benzene rings is 1. The number of nitrogens with zero attached hydrogens (tertiary/aromatic N) is 2. The zero-order valence-corrected chi connectivity index (χ0v) is 16.5. The van der Waals surface area contributed by atoms with Crippen LogP contribution in [0.2, 0.25) is 0 Å². The van der Waals surface area contributed by atoms with E-state index < -0.39 is 11.8 Å². The summed E-state index contributed by atoms with van der Waals surface area (Å²) in [6.07, 6.45) is 1.43. The molecule has 6 heteroatoms. The number of halogens is 1. The number of carbonyl (C=O) groups is 1. The van der Waals surface area contributed by atoms with Crippen molar-refractivity contribution >= 4 is 17.0 Å². The minimum absolute atomic E-state index is 0.160. The molecule has 146 valence electrons. The summed E-state index contributed by atoms with van der Waals surface area (Å²) >= 11 is 0. The normalized spacial score (nSPS) is 13.5. The van der Waals surface area contributed by atoms with E-state index in [2.05, 4.69) is 4.98 Å². The second-order valence-corrected chi connectivity index (χ2v) is 7.49. The van der Waals surface area contributed by atoms with E-state index in [0.29, 0.717) is 23.6 Å². The van der Waals surface area contributed by atoms with Crippen LogP contribution in [-0.2, 0) is 24.7 Å². The van der Waals surface area contributed by atoms with Crippen molar-refractivity contribution in [3.63, 3.8) is 0 Å². The van der Waals surface area contributed by atoms with Crippen molar-refractivity contribution in [2.24, 2.45) is 7.05 Å². The third-order valence-corrected chi connectivity index (χ3v) is 5.76. The second kappa shape index (κ2) is 6.62. The lowest BCUT2D eigenvalue weighted by Crippen LogP contribution is -2.13. The average Bonchev–Trinajstić information content (AvgIpc) is 2.93. The van der Waals surface area contributed by atoms with Crippen molar-refractivity contribution in [2.75, 3.05) is 6.61 Å². The van der Waals surface area contributed by atoms with E-state index in [9.17, 15) is 14.3 Å². The second-order valence-electron chi connectivity index (χ2n) is 7.49. The molecular formula is C22H23FN2O3. The van der Waals surface area contributed by atoms with Crippen LogP contribution in [-0.4, -0.2) is 27.2 Å². The Hall–Kier alpha value is -2.89. The van der Waals surface area contributed by atoms with Gasteiger partial charge >= 0.3 is 5.97 Å². The molecule has 1 aliphatic heterocycles. The van der Waals surface area contributed by atoms with Crippen molar-refractivity contribution in [3.05, 3.63) is 46.0 Å². The van der Waals surface area contributed by atoms with Gasteiger partial charge in [-0.1, -0.05) is 0 Å². The Kier molecular flexibility index (Phi) is 4.37. The van der Waals surface area contributed by atoms with Gasteiger partial charge in [-0.15, -0.1) is 0 Å². The predicted octanol–water partition coefficient (Wildman–Crippen LogP) is 4.26. The molecule has 1 aromatic carbocycles. The fourth-order valence-corrected chi connectivity index (χ4v) is 4.20. The Labute approximate surface area is 162 Å². The molecule has 1 aliphatic rings. The zero-order chi connectivity index (χ0) is 20.2. The van der Waals surface area contributed by atoms with E-state index in [1.54, 1.807) is 0 Å². The van der Waals surface area contributed by atoms with Gasteiger partial charge in [0.25, 0.3) is 0 Å². The molecule has 0 aliphatic carbocycles. The summed E-state index contributed by atoms with van der Waals surface area (Å²) in [6.45, 7) is 6.27. The molecule has 1 N–H and O–H groups in total. The number of carboxylic acids is 1. The van der Waals surface area contributed by atoms with Crippen LogP contribution >= 0.6 is 0 Å². The predicted molar refractivity (Wildman–Crippen MR) is 105 cm³/mol. The van der Waals surface area contributed by atoms with Gasteiger partial charge < -0.3 is 14.4 Å². The number of hydrogen-bond donors (Lipinski definition) is 1. The molecule has 3 aromatic rings. The Balaban J connectivity index is 2.12. The molecule has 28 heavy (non-hydrogen) atoms. The highest BCUT2D eigenvalue weighted by atomic mass is 19.1. The summed E-state index contributed by atoms with van der Waals surface area (Å²) in [4.78, 5) is 16.2. The van der Waals surface area contributed by atoms with Crippen molar-refractivity contribution < 1.29 is 19.0 Å².